The molecule has 2 aromatic heterocycles. The standard InChI is InChI=1S/C14H11FN2O3S/c1-20-12-3-2-8(15)4-10(12)11-7-17-6-9(5-13(18)19)21-14(17)16-11/h2-4,6-7H,5H2,1H3,(H,18,19). The summed E-state index contributed by atoms with van der Waals surface area (Å²) in [5.41, 5.74) is 1.15. The highest BCUT2D eigenvalue weighted by molar-refractivity contribution is 7.17. The summed E-state index contributed by atoms with van der Waals surface area (Å²) in [6.45, 7) is 0. The van der Waals surface area contributed by atoms with Gasteiger partial charge in [-0.05, 0) is 18.2 Å². The number of thiazole rings is 1. The lowest BCUT2D eigenvalue weighted by molar-refractivity contribution is -0.136. The molecule has 0 saturated carbocycles. The van der Waals surface area contributed by atoms with Crippen LogP contribution >= 0.6 is 11.3 Å². The molecular formula is C14H11FN2O3S. The number of carboxylic acid groups (broad SMARTS) is 1. The zero-order valence-corrected chi connectivity index (χ0v) is 11.9. The predicted octanol–water partition coefficient (Wildman–Crippen LogP) is 2.84. The van der Waals surface area contributed by atoms with Crippen molar-refractivity contribution in [3.63, 3.8) is 0 Å². The van der Waals surface area contributed by atoms with Crippen LogP contribution in [0.4, 0.5) is 4.39 Å². The highest BCUT2D eigenvalue weighted by atomic mass is 32.1. The lowest BCUT2D eigenvalue weighted by atomic mass is 10.1. The predicted molar refractivity (Wildman–Crippen MR) is 76.4 cm³/mol. The van der Waals surface area contributed by atoms with Crippen LogP contribution in [0.3, 0.4) is 0 Å². The molecule has 0 spiro atoms. The van der Waals surface area contributed by atoms with Gasteiger partial charge >= 0.3 is 5.97 Å². The molecule has 0 saturated heterocycles. The van der Waals surface area contributed by atoms with Crippen molar-refractivity contribution < 1.29 is 19.0 Å². The Bertz CT molecular complexity index is 793. The van der Waals surface area contributed by atoms with Gasteiger partial charge in [0.05, 0.1) is 19.2 Å². The number of benzene rings is 1. The normalized spacial score (nSPS) is 11.0. The Morgan fingerprint density at radius 1 is 1.48 bits per heavy atom. The largest absolute Gasteiger partial charge is 0.496 e. The molecule has 3 aromatic rings. The first kappa shape index (κ1) is 13.6. The number of aromatic nitrogens is 2. The number of fused-ring (bicyclic) bond motifs is 1. The average molecular weight is 306 g/mol. The van der Waals surface area contributed by atoms with Crippen molar-refractivity contribution in [1.29, 1.82) is 0 Å². The van der Waals surface area contributed by atoms with Crippen LogP contribution in [-0.4, -0.2) is 27.6 Å². The molecule has 0 aliphatic rings. The van der Waals surface area contributed by atoms with E-state index < -0.39 is 5.97 Å². The fraction of sp³-hybridized carbons (Fsp3) is 0.143. The van der Waals surface area contributed by atoms with Crippen LogP contribution in [0.15, 0.2) is 30.6 Å². The van der Waals surface area contributed by atoms with Gasteiger partial charge in [0.25, 0.3) is 0 Å². The maximum absolute atomic E-state index is 13.4. The number of imidazole rings is 1. The van der Waals surface area contributed by atoms with Crippen molar-refractivity contribution in [2.45, 2.75) is 6.42 Å². The molecule has 0 unspecified atom stereocenters. The number of halogens is 1. The number of hydrogen-bond acceptors (Lipinski definition) is 4. The molecule has 0 radical (unpaired) electrons. The number of ether oxygens (including phenoxy) is 1. The van der Waals surface area contributed by atoms with Gasteiger partial charge in [0.15, 0.2) is 4.96 Å². The minimum atomic E-state index is -0.883. The van der Waals surface area contributed by atoms with Crippen LogP contribution < -0.4 is 4.74 Å². The van der Waals surface area contributed by atoms with Crippen LogP contribution in [0, 0.1) is 5.82 Å². The fourth-order valence-corrected chi connectivity index (χ4v) is 3.04. The van der Waals surface area contributed by atoms with Crippen LogP contribution in [-0.2, 0) is 11.2 Å². The second kappa shape index (κ2) is 5.17. The Morgan fingerprint density at radius 3 is 2.95 bits per heavy atom. The van der Waals surface area contributed by atoms with E-state index in [2.05, 4.69) is 4.98 Å². The van der Waals surface area contributed by atoms with Crippen molar-refractivity contribution in [1.82, 2.24) is 9.38 Å². The summed E-state index contributed by atoms with van der Waals surface area (Å²) in [5.74, 6) is -0.715. The Hall–Kier alpha value is -2.41. The Labute approximate surface area is 123 Å². The lowest BCUT2D eigenvalue weighted by Crippen LogP contribution is -1.97. The first-order valence-corrected chi connectivity index (χ1v) is 6.91. The summed E-state index contributed by atoms with van der Waals surface area (Å²) in [6.07, 6.45) is 3.41. The average Bonchev–Trinajstić information content (AvgIpc) is 2.95. The summed E-state index contributed by atoms with van der Waals surface area (Å²) in [7, 11) is 1.51. The number of aliphatic carboxylic acids is 1. The Kier molecular flexibility index (Phi) is 3.34. The third-order valence-electron chi connectivity index (χ3n) is 2.97. The molecule has 0 fully saturated rings. The van der Waals surface area contributed by atoms with E-state index >= 15 is 0 Å². The molecule has 5 nitrogen and oxygen atoms in total. The smallest absolute Gasteiger partial charge is 0.308 e. The quantitative estimate of drug-likeness (QED) is 0.805. The maximum atomic E-state index is 13.4. The minimum absolute atomic E-state index is 0.0351. The van der Waals surface area contributed by atoms with E-state index in [-0.39, 0.29) is 12.2 Å². The van der Waals surface area contributed by atoms with Gasteiger partial charge in [-0.3, -0.25) is 9.20 Å². The second-order valence-electron chi connectivity index (χ2n) is 4.43. The van der Waals surface area contributed by atoms with Crippen LogP contribution in [0.5, 0.6) is 5.75 Å². The van der Waals surface area contributed by atoms with Crippen molar-refractivity contribution in [2.75, 3.05) is 7.11 Å². The molecule has 0 aliphatic heterocycles. The third-order valence-corrected chi connectivity index (χ3v) is 3.96. The van der Waals surface area contributed by atoms with Crippen LogP contribution in [0.25, 0.3) is 16.2 Å². The first-order chi connectivity index (χ1) is 10.1. The van der Waals surface area contributed by atoms with Gasteiger partial charge < -0.3 is 9.84 Å². The summed E-state index contributed by atoms with van der Waals surface area (Å²) in [6, 6.07) is 4.24. The first-order valence-electron chi connectivity index (χ1n) is 6.10. The number of carboxylic acids is 1. The van der Waals surface area contributed by atoms with Crippen molar-refractivity contribution in [3.8, 4) is 17.0 Å². The van der Waals surface area contributed by atoms with Gasteiger partial charge in [-0.2, -0.15) is 0 Å². The number of rotatable bonds is 4. The number of methoxy groups -OCH3 is 1. The van der Waals surface area contributed by atoms with Gasteiger partial charge in [0.1, 0.15) is 11.6 Å². The van der Waals surface area contributed by atoms with Crippen LogP contribution in [0.2, 0.25) is 0 Å². The van der Waals surface area contributed by atoms with E-state index in [1.165, 1.54) is 30.6 Å². The summed E-state index contributed by atoms with van der Waals surface area (Å²) in [4.78, 5) is 16.5. The molecule has 3 rings (SSSR count). The van der Waals surface area contributed by atoms with E-state index in [4.69, 9.17) is 9.84 Å². The van der Waals surface area contributed by atoms with E-state index in [0.29, 0.717) is 26.8 Å². The number of carbonyl (C=O) groups is 1. The minimum Gasteiger partial charge on any atom is -0.496 e. The molecule has 108 valence electrons. The SMILES string of the molecule is COc1ccc(F)cc1-c1cn2cc(CC(=O)O)sc2n1. The van der Waals surface area contributed by atoms with Crippen molar-refractivity contribution in [2.24, 2.45) is 0 Å². The van der Waals surface area contributed by atoms with Gasteiger partial charge in [0.2, 0.25) is 0 Å². The molecule has 1 aromatic carbocycles. The number of nitrogens with zero attached hydrogens (tertiary/aromatic N) is 2. The molecule has 2 heterocycles. The van der Waals surface area contributed by atoms with Crippen LogP contribution in [0.1, 0.15) is 4.88 Å². The fourth-order valence-electron chi connectivity index (χ4n) is 2.08. The zero-order valence-electron chi connectivity index (χ0n) is 11.0. The van der Waals surface area contributed by atoms with E-state index in [1.54, 1.807) is 22.9 Å². The molecular weight excluding hydrogens is 295 g/mol. The lowest BCUT2D eigenvalue weighted by Gasteiger charge is -2.05. The Balaban J connectivity index is 2.03. The highest BCUT2D eigenvalue weighted by Gasteiger charge is 2.14. The van der Waals surface area contributed by atoms with Crippen molar-refractivity contribution in [3.05, 3.63) is 41.3 Å². The molecule has 0 amide bonds. The molecule has 7 heteroatoms. The zero-order chi connectivity index (χ0) is 15.0. The molecule has 0 aliphatic carbocycles. The van der Waals surface area contributed by atoms with Gasteiger partial charge in [-0.1, -0.05) is 0 Å². The topological polar surface area (TPSA) is 63.8 Å². The van der Waals surface area contributed by atoms with Crippen molar-refractivity contribution >= 4 is 22.3 Å². The number of hydrogen-bond donors (Lipinski definition) is 1. The molecule has 0 atom stereocenters. The monoisotopic (exact) mass is 306 g/mol. The summed E-state index contributed by atoms with van der Waals surface area (Å²) >= 11 is 1.30. The molecule has 21 heavy (non-hydrogen) atoms. The van der Waals surface area contributed by atoms with E-state index in [0.717, 1.165) is 0 Å². The molecule has 1 N–H and O–H groups in total. The Morgan fingerprint density at radius 2 is 2.29 bits per heavy atom. The summed E-state index contributed by atoms with van der Waals surface area (Å²) in [5, 5.41) is 8.78. The maximum Gasteiger partial charge on any atom is 0.308 e. The van der Waals surface area contributed by atoms with Gasteiger partial charge in [-0.15, -0.1) is 11.3 Å². The van der Waals surface area contributed by atoms with Gasteiger partial charge in [-0.25, -0.2) is 9.37 Å². The van der Waals surface area contributed by atoms with E-state index in [9.17, 15) is 9.18 Å². The third kappa shape index (κ3) is 2.59. The van der Waals surface area contributed by atoms with Gasteiger partial charge in [0, 0.05) is 22.8 Å². The molecule has 0 bridgehead atoms. The highest BCUT2D eigenvalue weighted by Crippen LogP contribution is 2.31. The summed E-state index contributed by atoms with van der Waals surface area (Å²) < 4.78 is 20.4. The second-order valence-corrected chi connectivity index (χ2v) is 5.52. The van der Waals surface area contributed by atoms with E-state index in [1.807, 2.05) is 0 Å².